The summed E-state index contributed by atoms with van der Waals surface area (Å²) < 4.78 is 5.61. The highest BCUT2D eigenvalue weighted by molar-refractivity contribution is 6.22. The first kappa shape index (κ1) is 22.9. The Bertz CT molecular complexity index is 1250. The number of imide groups is 1. The maximum atomic E-state index is 13.2. The Hall–Kier alpha value is -4.26. The first-order chi connectivity index (χ1) is 16.3. The number of benzene rings is 3. The van der Waals surface area contributed by atoms with Crippen LogP contribution >= 0.6 is 0 Å². The van der Waals surface area contributed by atoms with Crippen molar-refractivity contribution in [1.29, 1.82) is 0 Å². The summed E-state index contributed by atoms with van der Waals surface area (Å²) >= 11 is 0. The number of nitrogens with one attached hydrogen (secondary N) is 1. The van der Waals surface area contributed by atoms with E-state index in [1.54, 1.807) is 42.5 Å². The molecule has 0 aliphatic carbocycles. The maximum absolute atomic E-state index is 13.2. The molecular weight excluding hydrogens is 432 g/mol. The number of hydrogen-bond acceptors (Lipinski definition) is 5. The van der Waals surface area contributed by atoms with Crippen LogP contribution in [0.4, 0.5) is 5.69 Å². The summed E-state index contributed by atoms with van der Waals surface area (Å²) in [6.45, 7) is 5.19. The highest BCUT2D eigenvalue weighted by Crippen LogP contribution is 2.27. The smallest absolute Gasteiger partial charge is 0.330 e. The lowest BCUT2D eigenvalue weighted by molar-refractivity contribution is -0.158. The molecule has 0 fully saturated rings. The Morgan fingerprint density at radius 1 is 0.853 bits per heavy atom. The van der Waals surface area contributed by atoms with Crippen LogP contribution in [0.3, 0.4) is 0 Å². The fourth-order valence-corrected chi connectivity index (χ4v) is 3.85. The van der Waals surface area contributed by atoms with E-state index in [4.69, 9.17) is 4.74 Å². The zero-order valence-corrected chi connectivity index (χ0v) is 19.1. The summed E-state index contributed by atoms with van der Waals surface area (Å²) in [5, 5.41) is 2.83. The molecule has 0 saturated heterocycles. The third-order valence-electron chi connectivity index (χ3n) is 5.78. The largest absolute Gasteiger partial charge is 0.446 e. The van der Waals surface area contributed by atoms with Gasteiger partial charge in [0, 0.05) is 11.3 Å². The van der Waals surface area contributed by atoms with E-state index < -0.39 is 35.8 Å². The molecule has 0 aromatic heterocycles. The Morgan fingerprint density at radius 3 is 2.06 bits per heavy atom. The molecule has 34 heavy (non-hydrogen) atoms. The van der Waals surface area contributed by atoms with Crippen molar-refractivity contribution < 1.29 is 23.9 Å². The zero-order chi connectivity index (χ0) is 24.4. The zero-order valence-electron chi connectivity index (χ0n) is 19.1. The average Bonchev–Trinajstić information content (AvgIpc) is 3.09. The van der Waals surface area contributed by atoms with Gasteiger partial charge in [-0.1, -0.05) is 54.6 Å². The van der Waals surface area contributed by atoms with E-state index in [0.717, 1.165) is 16.0 Å². The molecule has 2 atom stereocenters. The van der Waals surface area contributed by atoms with Crippen LogP contribution < -0.4 is 5.32 Å². The van der Waals surface area contributed by atoms with Crippen LogP contribution in [0.15, 0.2) is 72.8 Å². The van der Waals surface area contributed by atoms with E-state index in [1.165, 1.54) is 19.1 Å². The molecule has 172 valence electrons. The van der Waals surface area contributed by atoms with Gasteiger partial charge in [-0.3, -0.25) is 19.3 Å². The molecule has 0 unspecified atom stereocenters. The van der Waals surface area contributed by atoms with Gasteiger partial charge in [-0.25, -0.2) is 4.79 Å². The number of rotatable bonds is 6. The molecule has 0 bridgehead atoms. The predicted octanol–water partition coefficient (Wildman–Crippen LogP) is 4.21. The van der Waals surface area contributed by atoms with Gasteiger partial charge in [-0.2, -0.15) is 0 Å². The normalized spacial score (nSPS) is 14.4. The van der Waals surface area contributed by atoms with Crippen molar-refractivity contribution in [3.8, 4) is 0 Å². The van der Waals surface area contributed by atoms with Crippen molar-refractivity contribution in [3.05, 3.63) is 101 Å². The molecule has 1 aliphatic rings. The monoisotopic (exact) mass is 456 g/mol. The number of hydrogen-bond donors (Lipinski definition) is 1. The fraction of sp³-hybridized carbons (Fsp3) is 0.185. The minimum absolute atomic E-state index is 0.236. The summed E-state index contributed by atoms with van der Waals surface area (Å²) in [4.78, 5) is 52.7. The SMILES string of the molecule is Cc1ccc(C)c(NC(=O)[C@H](OC(=O)[C@@H](C)N2C(=O)c3ccccc3C2=O)c2ccccc2)c1. The molecular formula is C27H24N2O5. The second-order valence-electron chi connectivity index (χ2n) is 8.24. The number of anilines is 1. The van der Waals surface area contributed by atoms with E-state index in [2.05, 4.69) is 5.32 Å². The minimum atomic E-state index is -1.27. The number of aryl methyl sites for hydroxylation is 2. The van der Waals surface area contributed by atoms with E-state index >= 15 is 0 Å². The van der Waals surface area contributed by atoms with Gasteiger partial charge < -0.3 is 10.1 Å². The highest BCUT2D eigenvalue weighted by atomic mass is 16.5. The van der Waals surface area contributed by atoms with Gasteiger partial charge >= 0.3 is 5.97 Å². The van der Waals surface area contributed by atoms with Crippen LogP contribution in [-0.4, -0.2) is 34.6 Å². The third kappa shape index (κ3) is 4.32. The van der Waals surface area contributed by atoms with E-state index in [9.17, 15) is 19.2 Å². The average molecular weight is 456 g/mol. The molecule has 0 saturated carbocycles. The molecule has 7 heteroatoms. The van der Waals surface area contributed by atoms with Crippen molar-refractivity contribution in [3.63, 3.8) is 0 Å². The molecule has 1 aliphatic heterocycles. The second kappa shape index (κ2) is 9.31. The van der Waals surface area contributed by atoms with Crippen LogP contribution in [0.2, 0.25) is 0 Å². The molecule has 7 nitrogen and oxygen atoms in total. The molecule has 1 N–H and O–H groups in total. The van der Waals surface area contributed by atoms with Crippen LogP contribution in [0.1, 0.15) is 50.4 Å². The van der Waals surface area contributed by atoms with Crippen molar-refractivity contribution in [1.82, 2.24) is 4.90 Å². The lowest BCUT2D eigenvalue weighted by atomic mass is 10.1. The molecule has 3 amide bonds. The van der Waals surface area contributed by atoms with Crippen molar-refractivity contribution in [2.75, 3.05) is 5.32 Å². The van der Waals surface area contributed by atoms with Crippen LogP contribution in [0.25, 0.3) is 0 Å². The van der Waals surface area contributed by atoms with Crippen LogP contribution in [-0.2, 0) is 14.3 Å². The molecule has 4 rings (SSSR count). The predicted molar refractivity (Wildman–Crippen MR) is 126 cm³/mol. The molecule has 1 heterocycles. The Labute approximate surface area is 197 Å². The Balaban J connectivity index is 1.58. The van der Waals surface area contributed by atoms with Gasteiger partial charge in [0.25, 0.3) is 17.7 Å². The lowest BCUT2D eigenvalue weighted by Crippen LogP contribution is -2.44. The number of carbonyl (C=O) groups is 4. The van der Waals surface area contributed by atoms with E-state index in [-0.39, 0.29) is 11.1 Å². The first-order valence-electron chi connectivity index (χ1n) is 10.9. The Kier molecular flexibility index (Phi) is 6.27. The van der Waals surface area contributed by atoms with Crippen molar-refractivity contribution >= 4 is 29.4 Å². The van der Waals surface area contributed by atoms with Gasteiger partial charge in [0.15, 0.2) is 0 Å². The number of nitrogens with zero attached hydrogens (tertiary/aromatic N) is 1. The summed E-state index contributed by atoms with van der Waals surface area (Å²) in [6.07, 6.45) is -1.27. The number of amides is 3. The van der Waals surface area contributed by atoms with Crippen molar-refractivity contribution in [2.24, 2.45) is 0 Å². The van der Waals surface area contributed by atoms with Gasteiger partial charge in [0.2, 0.25) is 6.10 Å². The van der Waals surface area contributed by atoms with Gasteiger partial charge in [-0.15, -0.1) is 0 Å². The Morgan fingerprint density at radius 2 is 1.44 bits per heavy atom. The summed E-state index contributed by atoms with van der Waals surface area (Å²) in [7, 11) is 0. The van der Waals surface area contributed by atoms with E-state index in [0.29, 0.717) is 11.3 Å². The molecule has 3 aromatic carbocycles. The molecule has 0 spiro atoms. The summed E-state index contributed by atoms with van der Waals surface area (Å²) in [6, 6.07) is 19.4. The summed E-state index contributed by atoms with van der Waals surface area (Å²) in [5.74, 6) is -2.54. The highest BCUT2D eigenvalue weighted by Gasteiger charge is 2.42. The number of fused-ring (bicyclic) bond motifs is 1. The van der Waals surface area contributed by atoms with Gasteiger partial charge in [0.05, 0.1) is 11.1 Å². The molecule has 3 aromatic rings. The number of carbonyl (C=O) groups excluding carboxylic acids is 4. The van der Waals surface area contributed by atoms with Crippen LogP contribution in [0.5, 0.6) is 0 Å². The lowest BCUT2D eigenvalue weighted by Gasteiger charge is -2.24. The third-order valence-corrected chi connectivity index (χ3v) is 5.78. The van der Waals surface area contributed by atoms with Crippen LogP contribution in [0, 0.1) is 13.8 Å². The second-order valence-corrected chi connectivity index (χ2v) is 8.24. The number of ether oxygens (including phenoxy) is 1. The van der Waals surface area contributed by atoms with Gasteiger partial charge in [0.1, 0.15) is 6.04 Å². The fourth-order valence-electron chi connectivity index (χ4n) is 3.85. The first-order valence-corrected chi connectivity index (χ1v) is 10.9. The topological polar surface area (TPSA) is 92.8 Å². The van der Waals surface area contributed by atoms with Gasteiger partial charge in [-0.05, 0) is 50.1 Å². The minimum Gasteiger partial charge on any atom is -0.446 e. The summed E-state index contributed by atoms with van der Waals surface area (Å²) in [5.41, 5.74) is 3.37. The molecule has 0 radical (unpaired) electrons. The number of esters is 1. The van der Waals surface area contributed by atoms with Crippen molar-refractivity contribution in [2.45, 2.75) is 32.9 Å². The maximum Gasteiger partial charge on any atom is 0.330 e. The standard InChI is InChI=1S/C27H24N2O5/c1-16-13-14-17(2)22(15-16)28-24(30)23(19-9-5-4-6-10-19)34-27(33)18(3)29-25(31)20-11-7-8-12-21(20)26(29)32/h4-15,18,23H,1-3H3,(H,28,30)/t18-,23-/m1/s1. The van der Waals surface area contributed by atoms with E-state index in [1.807, 2.05) is 32.0 Å². The quantitative estimate of drug-likeness (QED) is 0.443.